The van der Waals surface area contributed by atoms with Gasteiger partial charge in [0.2, 0.25) is 0 Å². The molecule has 132 valence electrons. The van der Waals surface area contributed by atoms with Gasteiger partial charge in [-0.3, -0.25) is 4.79 Å². The first-order valence-electron chi connectivity index (χ1n) is 7.08. The van der Waals surface area contributed by atoms with Crippen LogP contribution in [0.2, 0.25) is 0 Å². The van der Waals surface area contributed by atoms with Gasteiger partial charge in [-0.2, -0.15) is 5.10 Å². The second-order valence-corrected chi connectivity index (χ2v) is 6.93. The highest BCUT2D eigenvalue weighted by Crippen LogP contribution is 2.12. The molecule has 3 amide bonds. The summed E-state index contributed by atoms with van der Waals surface area (Å²) in [6.07, 6.45) is 2.71. The zero-order valence-corrected chi connectivity index (χ0v) is 14.4. The summed E-state index contributed by atoms with van der Waals surface area (Å²) >= 11 is 0. The van der Waals surface area contributed by atoms with Gasteiger partial charge >= 0.3 is 6.03 Å². The number of nitrogens with zero attached hydrogens (tertiary/aromatic N) is 2. The molecule has 4 N–H and O–H groups in total. The minimum Gasteiger partial charge on any atom is -0.350 e. The number of benzene rings is 1. The van der Waals surface area contributed by atoms with E-state index in [1.807, 2.05) is 17.1 Å². The van der Waals surface area contributed by atoms with Crippen molar-refractivity contribution in [3.8, 4) is 0 Å². The van der Waals surface area contributed by atoms with Crippen LogP contribution in [0.3, 0.4) is 0 Å². The first-order valence-corrected chi connectivity index (χ1v) is 8.56. The Morgan fingerprint density at radius 2 is 1.88 bits per heavy atom. The van der Waals surface area contributed by atoms with E-state index in [9.17, 15) is 18.0 Å². The zero-order valence-electron chi connectivity index (χ0n) is 13.6. The number of hydrogen-bond donors (Lipinski definition) is 3. The number of nitrogens with one attached hydrogen (secondary N) is 2. The lowest BCUT2D eigenvalue weighted by Crippen LogP contribution is -2.30. The first-order chi connectivity index (χ1) is 11.7. The van der Waals surface area contributed by atoms with Crippen molar-refractivity contribution in [3.63, 3.8) is 0 Å². The molecule has 0 aliphatic carbocycles. The highest BCUT2D eigenvalue weighted by Gasteiger charge is 2.19. The molecule has 25 heavy (non-hydrogen) atoms. The normalized spacial score (nSPS) is 11.4. The van der Waals surface area contributed by atoms with Gasteiger partial charge < -0.3 is 10.3 Å². The molecule has 0 aliphatic rings. The summed E-state index contributed by atoms with van der Waals surface area (Å²) in [7, 11) is -2.34. The SMILES string of the molecule is Cc1ccc(S(=O)(=O)NC(=O)c2cc(C=NNC(N)=O)n(C)c2)cc1. The smallest absolute Gasteiger partial charge is 0.332 e. The average Bonchev–Trinajstić information content (AvgIpc) is 2.88. The van der Waals surface area contributed by atoms with Gasteiger partial charge in [-0.1, -0.05) is 17.7 Å². The fourth-order valence-corrected chi connectivity index (χ4v) is 2.93. The second kappa shape index (κ2) is 7.18. The number of amides is 3. The fourth-order valence-electron chi connectivity index (χ4n) is 1.95. The third-order valence-corrected chi connectivity index (χ3v) is 4.58. The lowest BCUT2D eigenvalue weighted by molar-refractivity contribution is 0.0981. The zero-order chi connectivity index (χ0) is 18.6. The topological polar surface area (TPSA) is 136 Å². The summed E-state index contributed by atoms with van der Waals surface area (Å²) in [5.74, 6) is -0.779. The van der Waals surface area contributed by atoms with Crippen molar-refractivity contribution in [2.75, 3.05) is 0 Å². The largest absolute Gasteiger partial charge is 0.350 e. The van der Waals surface area contributed by atoms with Gasteiger partial charge in [-0.25, -0.2) is 23.4 Å². The van der Waals surface area contributed by atoms with Crippen LogP contribution >= 0.6 is 0 Å². The Morgan fingerprint density at radius 3 is 2.48 bits per heavy atom. The number of urea groups is 1. The molecule has 0 radical (unpaired) electrons. The number of rotatable bonds is 5. The summed E-state index contributed by atoms with van der Waals surface area (Å²) in [5, 5.41) is 3.58. The predicted octanol–water partition coefficient (Wildman–Crippen LogP) is 0.454. The van der Waals surface area contributed by atoms with Crippen molar-refractivity contribution >= 4 is 28.2 Å². The minimum absolute atomic E-state index is 0.00479. The average molecular weight is 363 g/mol. The van der Waals surface area contributed by atoms with Crippen molar-refractivity contribution in [2.45, 2.75) is 11.8 Å². The number of nitrogens with two attached hydrogens (primary N) is 1. The summed E-state index contributed by atoms with van der Waals surface area (Å²) in [5.41, 5.74) is 8.40. The molecule has 9 nitrogen and oxygen atoms in total. The summed E-state index contributed by atoms with van der Waals surface area (Å²) in [4.78, 5) is 22.8. The number of sulfonamides is 1. The number of carbonyl (C=O) groups excluding carboxylic acids is 2. The second-order valence-electron chi connectivity index (χ2n) is 5.25. The van der Waals surface area contributed by atoms with Crippen LogP contribution in [0.1, 0.15) is 21.6 Å². The molecule has 0 bridgehead atoms. The third-order valence-electron chi connectivity index (χ3n) is 3.24. The summed E-state index contributed by atoms with van der Waals surface area (Å²) < 4.78 is 28.0. The van der Waals surface area contributed by atoms with Crippen LogP contribution in [-0.4, -0.2) is 31.1 Å². The Morgan fingerprint density at radius 1 is 1.24 bits per heavy atom. The number of carbonyl (C=O) groups is 2. The van der Waals surface area contributed by atoms with Gasteiger partial charge in [0.15, 0.2) is 0 Å². The van der Waals surface area contributed by atoms with E-state index in [2.05, 4.69) is 5.10 Å². The molecule has 1 aromatic carbocycles. The fraction of sp³-hybridized carbons (Fsp3) is 0.133. The molecule has 2 rings (SSSR count). The van der Waals surface area contributed by atoms with Gasteiger partial charge in [-0.05, 0) is 25.1 Å². The molecule has 1 aromatic heterocycles. The molecule has 0 saturated carbocycles. The first kappa shape index (κ1) is 18.2. The maximum Gasteiger partial charge on any atom is 0.332 e. The van der Waals surface area contributed by atoms with Crippen LogP contribution in [-0.2, 0) is 17.1 Å². The lowest BCUT2D eigenvalue weighted by atomic mass is 10.2. The summed E-state index contributed by atoms with van der Waals surface area (Å²) in [6, 6.07) is 6.72. The van der Waals surface area contributed by atoms with E-state index in [0.29, 0.717) is 5.69 Å². The standard InChI is InChI=1S/C15H17N5O4S/c1-10-3-5-13(6-4-10)25(23,24)19-14(21)11-7-12(20(2)9-11)8-17-18-15(16)22/h3-9H,1-2H3,(H,19,21)(H3,16,18,22). The van der Waals surface area contributed by atoms with Crippen LogP contribution in [0.4, 0.5) is 4.79 Å². The van der Waals surface area contributed by atoms with Gasteiger partial charge in [0, 0.05) is 13.2 Å². The van der Waals surface area contributed by atoms with Crippen molar-refractivity contribution in [1.82, 2.24) is 14.7 Å². The van der Waals surface area contributed by atoms with Gasteiger partial charge in [0.1, 0.15) is 0 Å². The Labute approximate surface area is 144 Å². The highest BCUT2D eigenvalue weighted by atomic mass is 32.2. The van der Waals surface area contributed by atoms with E-state index in [1.54, 1.807) is 23.7 Å². The van der Waals surface area contributed by atoms with Gasteiger partial charge in [0.25, 0.3) is 15.9 Å². The molecule has 10 heteroatoms. The van der Waals surface area contributed by atoms with E-state index in [0.717, 1.165) is 5.56 Å². The Bertz CT molecular complexity index is 929. The molecule has 0 atom stereocenters. The molecule has 1 heterocycles. The van der Waals surface area contributed by atoms with Crippen molar-refractivity contribution in [3.05, 3.63) is 53.3 Å². The number of aryl methyl sites for hydroxylation is 2. The number of hydrogen-bond acceptors (Lipinski definition) is 5. The van der Waals surface area contributed by atoms with Crippen molar-refractivity contribution < 1.29 is 18.0 Å². The van der Waals surface area contributed by atoms with Crippen LogP contribution in [0.25, 0.3) is 0 Å². The third kappa shape index (κ3) is 4.67. The molecule has 0 fully saturated rings. The quantitative estimate of drug-likeness (QED) is 0.525. The molecule has 2 aromatic rings. The van der Waals surface area contributed by atoms with Crippen molar-refractivity contribution in [1.29, 1.82) is 0 Å². The van der Waals surface area contributed by atoms with Gasteiger partial charge in [0.05, 0.1) is 22.4 Å². The van der Waals surface area contributed by atoms with Crippen LogP contribution in [0.15, 0.2) is 46.5 Å². The predicted molar refractivity (Wildman–Crippen MR) is 91.6 cm³/mol. The molecular formula is C15H17N5O4S. The number of primary amides is 1. The maximum absolute atomic E-state index is 12.2. The Balaban J connectivity index is 2.17. The number of hydrazone groups is 1. The van der Waals surface area contributed by atoms with Gasteiger partial charge in [-0.15, -0.1) is 0 Å². The monoisotopic (exact) mass is 363 g/mol. The van der Waals surface area contributed by atoms with E-state index in [1.165, 1.54) is 30.6 Å². The van der Waals surface area contributed by atoms with E-state index in [4.69, 9.17) is 5.73 Å². The molecular weight excluding hydrogens is 346 g/mol. The van der Waals surface area contributed by atoms with Crippen LogP contribution in [0.5, 0.6) is 0 Å². The molecule has 0 aliphatic heterocycles. The number of aromatic nitrogens is 1. The Kier molecular flexibility index (Phi) is 5.22. The van der Waals surface area contributed by atoms with E-state index < -0.39 is 22.0 Å². The molecule has 0 spiro atoms. The summed E-state index contributed by atoms with van der Waals surface area (Å²) in [6.45, 7) is 1.83. The molecule has 0 saturated heterocycles. The highest BCUT2D eigenvalue weighted by molar-refractivity contribution is 7.90. The van der Waals surface area contributed by atoms with E-state index >= 15 is 0 Å². The maximum atomic E-state index is 12.2. The van der Waals surface area contributed by atoms with Crippen molar-refractivity contribution in [2.24, 2.45) is 17.9 Å². The lowest BCUT2D eigenvalue weighted by Gasteiger charge is -2.06. The molecule has 0 unspecified atom stereocenters. The van der Waals surface area contributed by atoms with E-state index in [-0.39, 0.29) is 10.5 Å². The van der Waals surface area contributed by atoms with Crippen LogP contribution < -0.4 is 15.9 Å². The minimum atomic E-state index is -3.97. The Hall–Kier alpha value is -3.14. The van der Waals surface area contributed by atoms with Crippen LogP contribution in [0, 0.1) is 6.92 Å².